The number of rotatable bonds is 4. The van der Waals surface area contributed by atoms with E-state index in [9.17, 15) is 0 Å². The van der Waals surface area contributed by atoms with Gasteiger partial charge in [0.15, 0.2) is 0 Å². The minimum atomic E-state index is 0.674. The molecule has 0 saturated heterocycles. The highest BCUT2D eigenvalue weighted by atomic mass is 15.4. The Kier molecular flexibility index (Phi) is 3.96. The first kappa shape index (κ1) is 14.0. The number of nitrogens with two attached hydrogens (primary N) is 1. The van der Waals surface area contributed by atoms with E-state index in [1.165, 1.54) is 11.8 Å². The van der Waals surface area contributed by atoms with E-state index in [-0.39, 0.29) is 0 Å². The molecule has 22 heavy (non-hydrogen) atoms. The van der Waals surface area contributed by atoms with Gasteiger partial charge in [0.2, 0.25) is 0 Å². The number of hydrogen-bond acceptors (Lipinski definition) is 4. The van der Waals surface area contributed by atoms with Crippen molar-refractivity contribution in [3.63, 3.8) is 0 Å². The topological polar surface area (TPSA) is 69.1 Å². The number of aryl methyl sites for hydroxylation is 1. The van der Waals surface area contributed by atoms with Crippen LogP contribution in [0.3, 0.4) is 0 Å². The van der Waals surface area contributed by atoms with Crippen LogP contribution in [0.1, 0.15) is 12.5 Å². The number of aromatic nitrogens is 3. The van der Waals surface area contributed by atoms with E-state index in [0.717, 1.165) is 23.1 Å². The molecule has 0 atom stereocenters. The molecule has 0 amide bonds. The molecule has 110 valence electrons. The zero-order chi connectivity index (χ0) is 15.4. The summed E-state index contributed by atoms with van der Waals surface area (Å²) in [4.78, 5) is 4.45. The Bertz CT molecular complexity index is 828. The molecule has 1 heterocycles. The second-order valence-corrected chi connectivity index (χ2v) is 4.86. The number of nitrogens with zero attached hydrogens (tertiary/aromatic N) is 4. The van der Waals surface area contributed by atoms with Crippen molar-refractivity contribution in [2.45, 2.75) is 13.3 Å². The number of benzene rings is 2. The molecule has 0 aliphatic heterocycles. The van der Waals surface area contributed by atoms with Crippen LogP contribution in [0.5, 0.6) is 0 Å². The lowest BCUT2D eigenvalue weighted by molar-refractivity contribution is 0.849. The van der Waals surface area contributed by atoms with Gasteiger partial charge in [-0.3, -0.25) is 4.99 Å². The molecule has 0 unspecified atom stereocenters. The summed E-state index contributed by atoms with van der Waals surface area (Å²) in [6, 6.07) is 15.8. The lowest BCUT2D eigenvalue weighted by atomic mass is 10.1. The molecule has 5 heteroatoms. The van der Waals surface area contributed by atoms with Crippen LogP contribution < -0.4 is 5.73 Å². The molecule has 3 aromatic rings. The third kappa shape index (κ3) is 2.74. The molecule has 0 aliphatic rings. The predicted molar refractivity (Wildman–Crippen MR) is 90.0 cm³/mol. The van der Waals surface area contributed by atoms with Gasteiger partial charge in [-0.25, -0.2) is 4.68 Å². The number of allylic oxidation sites excluding steroid dienone is 1. The van der Waals surface area contributed by atoms with Crippen LogP contribution in [0, 0.1) is 0 Å². The molecule has 0 fully saturated rings. The van der Waals surface area contributed by atoms with Crippen LogP contribution in [0.25, 0.3) is 16.7 Å². The minimum absolute atomic E-state index is 0.674. The van der Waals surface area contributed by atoms with Crippen molar-refractivity contribution in [3.05, 3.63) is 60.3 Å². The van der Waals surface area contributed by atoms with Crippen LogP contribution in [0.2, 0.25) is 0 Å². The third-order valence-corrected chi connectivity index (χ3v) is 3.46. The standard InChI is InChI=1S/C17H17N5/c1-2-13-7-9-14(10-8-13)19-12-15(11-18)22-17-6-4-3-5-16(17)20-21-22/h3-12H,2,18H2,1H3. The molecule has 2 N–H and O–H groups in total. The Morgan fingerprint density at radius 1 is 1.18 bits per heavy atom. The molecule has 5 nitrogen and oxygen atoms in total. The van der Waals surface area contributed by atoms with E-state index in [0.29, 0.717) is 5.70 Å². The van der Waals surface area contributed by atoms with Crippen LogP contribution in [-0.4, -0.2) is 21.2 Å². The molecule has 0 spiro atoms. The monoisotopic (exact) mass is 291 g/mol. The minimum Gasteiger partial charge on any atom is -0.403 e. The van der Waals surface area contributed by atoms with Gasteiger partial charge in [-0.15, -0.1) is 5.10 Å². The zero-order valence-electron chi connectivity index (χ0n) is 12.3. The lowest BCUT2D eigenvalue weighted by Gasteiger charge is -2.02. The van der Waals surface area contributed by atoms with Crippen molar-refractivity contribution in [1.29, 1.82) is 0 Å². The maximum atomic E-state index is 5.72. The number of para-hydroxylation sites is 1. The van der Waals surface area contributed by atoms with Gasteiger partial charge >= 0.3 is 0 Å². The fraction of sp³-hybridized carbons (Fsp3) is 0.118. The number of aliphatic imine (C=N–C) groups is 1. The van der Waals surface area contributed by atoms with Gasteiger partial charge in [-0.2, -0.15) is 0 Å². The van der Waals surface area contributed by atoms with Gasteiger partial charge in [0.1, 0.15) is 11.2 Å². The fourth-order valence-corrected chi connectivity index (χ4v) is 2.19. The Balaban J connectivity index is 1.90. The fourth-order valence-electron chi connectivity index (χ4n) is 2.19. The van der Waals surface area contributed by atoms with Crippen molar-refractivity contribution < 1.29 is 0 Å². The zero-order valence-corrected chi connectivity index (χ0v) is 12.3. The van der Waals surface area contributed by atoms with E-state index in [2.05, 4.69) is 34.4 Å². The molecule has 0 radical (unpaired) electrons. The molecular weight excluding hydrogens is 274 g/mol. The van der Waals surface area contributed by atoms with Crippen molar-refractivity contribution in [2.24, 2.45) is 10.7 Å². The largest absolute Gasteiger partial charge is 0.403 e. The number of hydrogen-bond donors (Lipinski definition) is 1. The van der Waals surface area contributed by atoms with Gasteiger partial charge in [0.25, 0.3) is 0 Å². The van der Waals surface area contributed by atoms with Gasteiger partial charge < -0.3 is 5.73 Å². The molecule has 3 rings (SSSR count). The average molecular weight is 291 g/mol. The van der Waals surface area contributed by atoms with Crippen molar-refractivity contribution in [1.82, 2.24) is 15.0 Å². The van der Waals surface area contributed by atoms with Crippen molar-refractivity contribution in [2.75, 3.05) is 0 Å². The van der Waals surface area contributed by atoms with Gasteiger partial charge in [0, 0.05) is 6.20 Å². The first-order chi connectivity index (χ1) is 10.8. The Labute approximate surface area is 128 Å². The van der Waals surface area contributed by atoms with E-state index in [4.69, 9.17) is 5.73 Å². The summed E-state index contributed by atoms with van der Waals surface area (Å²) in [6.45, 7) is 2.13. The highest BCUT2D eigenvalue weighted by Crippen LogP contribution is 2.16. The Morgan fingerprint density at radius 2 is 1.95 bits per heavy atom. The number of fused-ring (bicyclic) bond motifs is 1. The molecule has 2 aromatic carbocycles. The molecular formula is C17H17N5. The predicted octanol–water partition coefficient (Wildman–Crippen LogP) is 3.15. The van der Waals surface area contributed by atoms with Gasteiger partial charge in [-0.05, 0) is 36.2 Å². The molecule has 1 aromatic heterocycles. The average Bonchev–Trinajstić information content (AvgIpc) is 3.00. The first-order valence-electron chi connectivity index (χ1n) is 7.17. The Morgan fingerprint density at radius 3 is 2.68 bits per heavy atom. The first-order valence-corrected chi connectivity index (χ1v) is 7.17. The van der Waals surface area contributed by atoms with E-state index in [1.807, 2.05) is 36.4 Å². The highest BCUT2D eigenvalue weighted by Gasteiger charge is 2.06. The molecule has 0 aliphatic carbocycles. The summed E-state index contributed by atoms with van der Waals surface area (Å²) in [7, 11) is 0. The van der Waals surface area contributed by atoms with E-state index >= 15 is 0 Å². The smallest absolute Gasteiger partial charge is 0.113 e. The molecule has 0 saturated carbocycles. The molecule has 0 bridgehead atoms. The van der Waals surface area contributed by atoms with Gasteiger partial charge in [-0.1, -0.05) is 36.4 Å². The van der Waals surface area contributed by atoms with Crippen LogP contribution in [0.15, 0.2) is 59.7 Å². The summed E-state index contributed by atoms with van der Waals surface area (Å²) in [5, 5.41) is 8.25. The van der Waals surface area contributed by atoms with E-state index < -0.39 is 0 Å². The van der Waals surface area contributed by atoms with Crippen LogP contribution in [-0.2, 0) is 6.42 Å². The summed E-state index contributed by atoms with van der Waals surface area (Å²) in [5.41, 5.74) is 10.3. The maximum absolute atomic E-state index is 5.72. The quantitative estimate of drug-likeness (QED) is 0.751. The summed E-state index contributed by atoms with van der Waals surface area (Å²) >= 11 is 0. The SMILES string of the molecule is CCc1ccc(N=CC(=CN)n2nnc3ccccc32)cc1. The highest BCUT2D eigenvalue weighted by molar-refractivity contribution is 6.04. The van der Waals surface area contributed by atoms with Crippen LogP contribution >= 0.6 is 0 Å². The van der Waals surface area contributed by atoms with Gasteiger partial charge in [0.05, 0.1) is 17.4 Å². The van der Waals surface area contributed by atoms with E-state index in [1.54, 1.807) is 10.9 Å². The summed E-state index contributed by atoms with van der Waals surface area (Å²) in [5.74, 6) is 0. The Hall–Kier alpha value is -2.95. The summed E-state index contributed by atoms with van der Waals surface area (Å²) in [6.07, 6.45) is 4.19. The summed E-state index contributed by atoms with van der Waals surface area (Å²) < 4.78 is 1.68. The second-order valence-electron chi connectivity index (χ2n) is 4.86. The normalized spacial score (nSPS) is 12.3. The van der Waals surface area contributed by atoms with Crippen molar-refractivity contribution >= 4 is 28.6 Å². The third-order valence-electron chi connectivity index (χ3n) is 3.46. The van der Waals surface area contributed by atoms with Crippen LogP contribution in [0.4, 0.5) is 5.69 Å². The lowest BCUT2D eigenvalue weighted by Crippen LogP contribution is -2.03. The van der Waals surface area contributed by atoms with Crippen molar-refractivity contribution in [3.8, 4) is 0 Å². The maximum Gasteiger partial charge on any atom is 0.113 e. The second kappa shape index (κ2) is 6.22.